The van der Waals surface area contributed by atoms with Crippen molar-refractivity contribution in [2.75, 3.05) is 39.3 Å². The van der Waals surface area contributed by atoms with Crippen LogP contribution in [-0.4, -0.2) is 199 Å². The van der Waals surface area contributed by atoms with Gasteiger partial charge in [0.15, 0.2) is 0 Å². The van der Waals surface area contributed by atoms with Crippen molar-refractivity contribution in [3.8, 4) is 63.7 Å². The molecule has 12 aromatic rings. The Morgan fingerprint density at radius 3 is 0.694 bits per heavy atom. The van der Waals surface area contributed by atoms with Crippen molar-refractivity contribution in [2.45, 2.75) is 276 Å². The van der Waals surface area contributed by atoms with Gasteiger partial charge >= 0.3 is 277 Å². The molecule has 33 heteroatoms. The molecular weight excluding hydrogens is 2130 g/mol. The molecule has 6 aromatic heterocycles. The second kappa shape index (κ2) is 48.8. The summed E-state index contributed by atoms with van der Waals surface area (Å²) in [5.41, 5.74) is 5.21. The van der Waals surface area contributed by atoms with Gasteiger partial charge in [0.05, 0.1) is 38.2 Å². The second-order valence-corrected chi connectivity index (χ2v) is 58.1. The fourth-order valence-electron chi connectivity index (χ4n) is 20.7. The third kappa shape index (κ3) is 21.6. The third-order valence-electron chi connectivity index (χ3n) is 28.2. The first-order valence-electron chi connectivity index (χ1n) is 51.4. The summed E-state index contributed by atoms with van der Waals surface area (Å²) in [7, 11) is 0. The number of hydrogen-bond acceptors (Lipinski definition) is 24. The first kappa shape index (κ1) is 108. The SMILES string of the molecule is Brc1ccc(-c2nnc(-c3ccc(Br)s3)nn2)s1.C.CCCCCCN1C(=O)c2ccc3c4c([c]([Sn]([CH2]CCC)([CH2]CCC)[CH2]CCC)cc(c24)C1=O)C(=O)N(CCCCCC)C3=O.CCCCCCN1C(=O)c2ccc3c4c(c(-c5ccc(-c6nnc(-c7ccc(-c8cc9c%10c(ccc%11c%10c8C(=O)N(CCCCCC)C%11=O)C(=O)N(CCCCCC)C9=O)s7)nn6)s5)cc(c24)C1=O)C(=O)N(CCCCCC)C3=O. The van der Waals surface area contributed by atoms with Crippen molar-refractivity contribution in [3.05, 3.63) is 177 Å². The quantitative estimate of drug-likeness (QED) is 0.0194. The van der Waals surface area contributed by atoms with Crippen LogP contribution < -0.4 is 3.58 Å². The maximum atomic E-state index is 14.7. The fourth-order valence-corrected chi connectivity index (χ4v) is 41.9. The van der Waals surface area contributed by atoms with Crippen LogP contribution in [0.2, 0.25) is 13.3 Å². The summed E-state index contributed by atoms with van der Waals surface area (Å²) in [4.78, 5) is 184. The zero-order valence-electron chi connectivity index (χ0n) is 82.9. The van der Waals surface area contributed by atoms with E-state index in [9.17, 15) is 57.5 Å². The van der Waals surface area contributed by atoms with Crippen molar-refractivity contribution < 1.29 is 57.5 Å². The van der Waals surface area contributed by atoms with Crippen LogP contribution in [0.5, 0.6) is 0 Å². The van der Waals surface area contributed by atoms with Gasteiger partial charge in [0, 0.05) is 102 Å². The fraction of sp³-hybridized carbons (Fsp3) is 0.441. The smallest absolute Gasteiger partial charge is 0.262 e. The zero-order valence-corrected chi connectivity index (χ0v) is 92.2. The third-order valence-corrected chi connectivity index (χ3v) is 49.3. The molecule has 6 aliphatic rings. The Morgan fingerprint density at radius 2 is 0.438 bits per heavy atom. The minimum absolute atomic E-state index is 0. The van der Waals surface area contributed by atoms with E-state index in [0.717, 1.165) is 201 Å². The molecule has 0 unspecified atom stereocenters. The van der Waals surface area contributed by atoms with Gasteiger partial charge < -0.3 is 0 Å². The van der Waals surface area contributed by atoms with Gasteiger partial charge in [0.2, 0.25) is 23.3 Å². The molecule has 0 saturated carbocycles. The molecule has 144 heavy (non-hydrogen) atoms. The van der Waals surface area contributed by atoms with E-state index in [0.29, 0.717) is 136 Å². The van der Waals surface area contributed by atoms with Crippen molar-refractivity contribution in [2.24, 2.45) is 0 Å². The van der Waals surface area contributed by atoms with Crippen molar-refractivity contribution in [1.29, 1.82) is 0 Å². The molecule has 0 atom stereocenters. The average Bonchev–Trinajstić information content (AvgIpc) is 1.05. The molecule has 0 aliphatic carbocycles. The van der Waals surface area contributed by atoms with Gasteiger partial charge in [-0.1, -0.05) is 112 Å². The molecule has 0 N–H and O–H groups in total. The van der Waals surface area contributed by atoms with Crippen LogP contribution in [0.4, 0.5) is 0 Å². The number of thiophene rings is 4. The summed E-state index contributed by atoms with van der Waals surface area (Å²) in [6.45, 7) is 21.2. The van der Waals surface area contributed by atoms with Gasteiger partial charge in [0.25, 0.3) is 47.3 Å². The number of unbranched alkanes of at least 4 members (excludes halogenated alkanes) is 21. The van der Waals surface area contributed by atoms with Crippen LogP contribution in [0.1, 0.15) is 387 Å². The van der Waals surface area contributed by atoms with Gasteiger partial charge in [-0.05, 0) is 142 Å². The van der Waals surface area contributed by atoms with E-state index < -0.39 is 65.6 Å². The molecule has 0 spiro atoms. The summed E-state index contributed by atoms with van der Waals surface area (Å²) in [6, 6.07) is 30.5. The molecule has 26 nitrogen and oxygen atoms in total. The molecular formula is C111H126Br2N14O12S4Sn. The van der Waals surface area contributed by atoms with E-state index in [4.69, 9.17) is 0 Å². The summed E-state index contributed by atoms with van der Waals surface area (Å²) >= 11 is 9.12. The number of amides is 12. The minimum atomic E-state index is -3.34. The normalized spacial score (nSPS) is 14.2. The van der Waals surface area contributed by atoms with E-state index in [1.54, 1.807) is 83.3 Å². The monoisotopic (exact) mass is 2250 g/mol. The maximum Gasteiger partial charge on any atom is 0.262 e. The first-order valence-corrected chi connectivity index (χ1v) is 63.7. The second-order valence-electron chi connectivity index (χ2n) is 37.9. The molecule has 0 radical (unpaired) electrons. The van der Waals surface area contributed by atoms with Gasteiger partial charge in [0.1, 0.15) is 0 Å². The number of imide groups is 6. The number of carbonyl (C=O) groups excluding carboxylic acids is 12. The van der Waals surface area contributed by atoms with Crippen LogP contribution in [0.25, 0.3) is 96.0 Å². The number of nitrogens with zero attached hydrogens (tertiary/aromatic N) is 14. The van der Waals surface area contributed by atoms with Crippen LogP contribution in [-0.2, 0) is 0 Å². The number of benzene rings is 6. The predicted molar refractivity (Wildman–Crippen MR) is 582 cm³/mol. The molecule has 6 aromatic carbocycles. The molecule has 12 amide bonds. The number of halogens is 2. The first-order chi connectivity index (χ1) is 69.4. The molecule has 6 aliphatic heterocycles. The van der Waals surface area contributed by atoms with E-state index in [2.05, 4.69) is 141 Å². The maximum absolute atomic E-state index is 14.7. The minimum Gasteiger partial charge on any atom is -0.274 e. The van der Waals surface area contributed by atoms with E-state index >= 15 is 0 Å². The van der Waals surface area contributed by atoms with Crippen LogP contribution in [0.15, 0.2) is 111 Å². The Morgan fingerprint density at radius 1 is 0.222 bits per heavy atom. The Bertz CT molecular complexity index is 6610. The predicted octanol–water partition coefficient (Wildman–Crippen LogP) is 27.2. The Hall–Kier alpha value is -10.6. The van der Waals surface area contributed by atoms with Crippen LogP contribution >= 0.6 is 77.2 Å². The molecule has 754 valence electrons. The average molecular weight is 2260 g/mol. The van der Waals surface area contributed by atoms with E-state index in [-0.39, 0.29) is 113 Å². The Labute approximate surface area is 878 Å². The van der Waals surface area contributed by atoms with Crippen LogP contribution in [0, 0.1) is 0 Å². The van der Waals surface area contributed by atoms with Crippen molar-refractivity contribution >= 4 is 202 Å². The summed E-state index contributed by atoms with van der Waals surface area (Å²) < 4.78 is 6.64. The van der Waals surface area contributed by atoms with Crippen molar-refractivity contribution in [3.63, 3.8) is 0 Å². The number of carbonyl (C=O) groups is 12. The van der Waals surface area contributed by atoms with Crippen molar-refractivity contribution in [1.82, 2.24) is 70.2 Å². The zero-order chi connectivity index (χ0) is 101. The molecule has 0 fully saturated rings. The number of aromatic nitrogens is 8. The van der Waals surface area contributed by atoms with Gasteiger partial charge in [-0.3, -0.25) is 58.0 Å². The summed E-state index contributed by atoms with van der Waals surface area (Å²) in [5, 5.41) is 36.9. The van der Waals surface area contributed by atoms with Gasteiger partial charge in [-0.15, -0.1) is 86.1 Å². The van der Waals surface area contributed by atoms with Gasteiger partial charge in [-0.25, -0.2) is 0 Å². The molecule has 12 heterocycles. The van der Waals surface area contributed by atoms with Crippen LogP contribution in [0.3, 0.4) is 0 Å². The summed E-state index contributed by atoms with van der Waals surface area (Å²) in [6.07, 6.45) is 28.3. The molecule has 18 rings (SSSR count). The molecule has 0 saturated heterocycles. The largest absolute Gasteiger partial charge is 0.274 e. The summed E-state index contributed by atoms with van der Waals surface area (Å²) in [5.74, 6) is -3.22. The topological polar surface area (TPSA) is 327 Å². The van der Waals surface area contributed by atoms with E-state index in [1.165, 1.54) is 52.1 Å². The number of rotatable bonds is 46. The molecule has 0 bridgehead atoms. The number of hydrogen-bond donors (Lipinski definition) is 0. The standard InChI is InChI=1S/C62H62N8O8S2.C26H29N2O4.C10H4Br2N4S2.3C4H9.CH4.Sn/c1-5-9-13-17-29-67-55(71)35-21-23-37-49-47(35)41(59(67)75)33-39(51(49)61(77)69(57(37)73)31-19-15-11-7-3)43-25-27-45(79-43)53-63-65-54(66-64-53)46-28-26-44(80-46)40-34-42-48-36(56(72)68(60(42)76)30-18-14-10-6-2)22-24-38-50(48)52(40)62(78)70(58(38)74)32-20-16-12-8-4;1-3-5-7-9-15-27-23(29)17-11-13-19-22-20(14-12-18(21(17)22)24(27)30)26(32)28(25(19)31)16-10-8-6-4-2;11-7-3-1-5(17-7)9-13-15-10(16-14-9)6-2-4-8(12)18-6;3*1-3-4-2;;/h21-28,33-34H,5-20,29-32H2,1-4H3;11-13H,3-10,15-16H2,1-2H3;1-4H;3*1,3-4H2,2H3;1H4;. The van der Waals surface area contributed by atoms with Gasteiger partial charge in [-0.2, -0.15) is 0 Å². The Balaban J connectivity index is 0.000000202. The van der Waals surface area contributed by atoms with E-state index in [1.807, 2.05) is 36.4 Å². The Kier molecular flexibility index (Phi) is 36.5.